The summed E-state index contributed by atoms with van der Waals surface area (Å²) in [7, 11) is 0. The Morgan fingerprint density at radius 2 is 1.95 bits per heavy atom. The van der Waals surface area contributed by atoms with E-state index in [4.69, 9.17) is 0 Å². The molecule has 1 heterocycles. The molecule has 1 aliphatic carbocycles. The Balaban J connectivity index is 1.91. The summed E-state index contributed by atoms with van der Waals surface area (Å²) in [5.74, 6) is -0.752. The van der Waals surface area contributed by atoms with Crippen molar-refractivity contribution in [2.45, 2.75) is 46.5 Å². The van der Waals surface area contributed by atoms with E-state index in [9.17, 15) is 14.7 Å². The molecule has 20 heavy (non-hydrogen) atoms. The van der Waals surface area contributed by atoms with E-state index in [0.717, 1.165) is 13.0 Å². The van der Waals surface area contributed by atoms with Gasteiger partial charge < -0.3 is 15.3 Å². The third-order valence-electron chi connectivity index (χ3n) is 5.44. The summed E-state index contributed by atoms with van der Waals surface area (Å²) in [6.07, 6.45) is 4.02. The van der Waals surface area contributed by atoms with E-state index in [1.54, 1.807) is 4.90 Å². The molecule has 1 saturated carbocycles. The first kappa shape index (κ1) is 15.1. The van der Waals surface area contributed by atoms with Crippen LogP contribution < -0.4 is 5.32 Å². The minimum absolute atomic E-state index is 0.0308. The van der Waals surface area contributed by atoms with E-state index >= 15 is 0 Å². The molecule has 0 aromatic heterocycles. The highest BCUT2D eigenvalue weighted by Gasteiger charge is 2.49. The standard InChI is InChI=1S/C15H26N2O3/c1-4-14(5-6-14)9-16-13(20)17-8-7-15(10-17,11(2)3)12(18)19/h11H,4-10H2,1-3H3,(H,16,20)(H,18,19). The average Bonchev–Trinajstić information content (AvgIpc) is 3.03. The Morgan fingerprint density at radius 3 is 2.35 bits per heavy atom. The molecule has 2 amide bonds. The van der Waals surface area contributed by atoms with Crippen molar-refractivity contribution in [1.29, 1.82) is 0 Å². The van der Waals surface area contributed by atoms with Crippen molar-refractivity contribution < 1.29 is 14.7 Å². The van der Waals surface area contributed by atoms with E-state index in [-0.39, 0.29) is 11.9 Å². The molecular weight excluding hydrogens is 256 g/mol. The lowest BCUT2D eigenvalue weighted by Gasteiger charge is -2.28. The Hall–Kier alpha value is -1.26. The first-order valence-electron chi connectivity index (χ1n) is 7.61. The summed E-state index contributed by atoms with van der Waals surface area (Å²) < 4.78 is 0. The van der Waals surface area contributed by atoms with Gasteiger partial charge in [0.25, 0.3) is 0 Å². The maximum atomic E-state index is 12.2. The third-order valence-corrected chi connectivity index (χ3v) is 5.44. The predicted octanol–water partition coefficient (Wildman–Crippen LogP) is 2.32. The van der Waals surface area contributed by atoms with Crippen molar-refractivity contribution in [2.75, 3.05) is 19.6 Å². The average molecular weight is 282 g/mol. The van der Waals surface area contributed by atoms with Gasteiger partial charge in [-0.05, 0) is 37.0 Å². The van der Waals surface area contributed by atoms with Crippen molar-refractivity contribution in [3.05, 3.63) is 0 Å². The van der Waals surface area contributed by atoms with Crippen LogP contribution in [-0.2, 0) is 4.79 Å². The van der Waals surface area contributed by atoms with Gasteiger partial charge in [-0.3, -0.25) is 4.79 Å². The Labute approximate surface area is 120 Å². The van der Waals surface area contributed by atoms with Gasteiger partial charge in [-0.1, -0.05) is 20.8 Å². The molecule has 1 aliphatic heterocycles. The second-order valence-electron chi connectivity index (χ2n) is 6.80. The zero-order valence-electron chi connectivity index (χ0n) is 12.7. The number of amides is 2. The Kier molecular flexibility index (Phi) is 3.98. The number of carbonyl (C=O) groups is 2. The molecule has 5 heteroatoms. The zero-order chi connectivity index (χ0) is 15.0. The Bertz CT molecular complexity index is 404. The summed E-state index contributed by atoms with van der Waals surface area (Å²) in [5, 5.41) is 12.5. The summed E-state index contributed by atoms with van der Waals surface area (Å²) in [5.41, 5.74) is -0.462. The lowest BCUT2D eigenvalue weighted by Crippen LogP contribution is -2.44. The van der Waals surface area contributed by atoms with Crippen LogP contribution in [0.5, 0.6) is 0 Å². The monoisotopic (exact) mass is 282 g/mol. The van der Waals surface area contributed by atoms with E-state index in [0.29, 0.717) is 24.9 Å². The molecule has 0 radical (unpaired) electrons. The molecule has 1 saturated heterocycles. The fourth-order valence-corrected chi connectivity index (χ4v) is 3.11. The lowest BCUT2D eigenvalue weighted by molar-refractivity contribution is -0.150. The number of likely N-dealkylation sites (tertiary alicyclic amines) is 1. The fraction of sp³-hybridized carbons (Fsp3) is 0.867. The molecule has 0 spiro atoms. The van der Waals surface area contributed by atoms with Crippen LogP contribution in [-0.4, -0.2) is 41.6 Å². The molecule has 2 fully saturated rings. The highest BCUT2D eigenvalue weighted by Crippen LogP contribution is 2.48. The number of carboxylic acids is 1. The summed E-state index contributed by atoms with van der Waals surface area (Å²) in [6.45, 7) is 7.59. The van der Waals surface area contributed by atoms with E-state index in [1.165, 1.54) is 12.8 Å². The molecule has 114 valence electrons. The number of rotatable bonds is 5. The van der Waals surface area contributed by atoms with Crippen molar-refractivity contribution in [3.63, 3.8) is 0 Å². The molecule has 0 aromatic rings. The number of nitrogens with zero attached hydrogens (tertiary/aromatic N) is 1. The van der Waals surface area contributed by atoms with Gasteiger partial charge in [0, 0.05) is 19.6 Å². The zero-order valence-corrected chi connectivity index (χ0v) is 12.7. The second kappa shape index (κ2) is 5.26. The summed E-state index contributed by atoms with van der Waals surface area (Å²) >= 11 is 0. The first-order chi connectivity index (χ1) is 9.35. The molecule has 5 nitrogen and oxygen atoms in total. The quantitative estimate of drug-likeness (QED) is 0.813. The molecule has 0 bridgehead atoms. The van der Waals surface area contributed by atoms with Gasteiger partial charge in [0.1, 0.15) is 0 Å². The van der Waals surface area contributed by atoms with Gasteiger partial charge in [-0.25, -0.2) is 4.79 Å². The van der Waals surface area contributed by atoms with Crippen LogP contribution in [0.4, 0.5) is 4.79 Å². The molecule has 2 rings (SSSR count). The van der Waals surface area contributed by atoms with Crippen LogP contribution in [0.15, 0.2) is 0 Å². The number of hydrogen-bond acceptors (Lipinski definition) is 2. The first-order valence-corrected chi connectivity index (χ1v) is 7.61. The van der Waals surface area contributed by atoms with Crippen molar-refractivity contribution in [3.8, 4) is 0 Å². The number of urea groups is 1. The lowest BCUT2D eigenvalue weighted by atomic mass is 9.76. The minimum Gasteiger partial charge on any atom is -0.481 e. The van der Waals surface area contributed by atoms with Gasteiger partial charge >= 0.3 is 12.0 Å². The van der Waals surface area contributed by atoms with E-state index in [1.807, 2.05) is 13.8 Å². The molecular formula is C15H26N2O3. The van der Waals surface area contributed by atoms with Crippen LogP contribution in [0.3, 0.4) is 0 Å². The summed E-state index contributed by atoms with van der Waals surface area (Å²) in [4.78, 5) is 25.4. The summed E-state index contributed by atoms with van der Waals surface area (Å²) in [6, 6.07) is -0.103. The molecule has 1 unspecified atom stereocenters. The maximum Gasteiger partial charge on any atom is 0.317 e. The van der Waals surface area contributed by atoms with Gasteiger partial charge in [0.2, 0.25) is 0 Å². The SMILES string of the molecule is CCC1(CNC(=O)N2CCC(C(=O)O)(C(C)C)C2)CC1. The molecule has 0 aromatic carbocycles. The highest BCUT2D eigenvalue weighted by molar-refractivity contribution is 5.80. The Morgan fingerprint density at radius 1 is 1.30 bits per heavy atom. The van der Waals surface area contributed by atoms with E-state index in [2.05, 4.69) is 12.2 Å². The third kappa shape index (κ3) is 2.63. The molecule has 2 aliphatic rings. The van der Waals surface area contributed by atoms with Crippen LogP contribution in [0, 0.1) is 16.7 Å². The van der Waals surface area contributed by atoms with E-state index < -0.39 is 11.4 Å². The smallest absolute Gasteiger partial charge is 0.317 e. The van der Waals surface area contributed by atoms with Crippen molar-refractivity contribution >= 4 is 12.0 Å². The van der Waals surface area contributed by atoms with Crippen LogP contribution in [0.2, 0.25) is 0 Å². The van der Waals surface area contributed by atoms with Gasteiger partial charge in [-0.2, -0.15) is 0 Å². The number of hydrogen-bond donors (Lipinski definition) is 2. The van der Waals surface area contributed by atoms with Crippen LogP contribution >= 0.6 is 0 Å². The van der Waals surface area contributed by atoms with Gasteiger partial charge in [-0.15, -0.1) is 0 Å². The second-order valence-corrected chi connectivity index (χ2v) is 6.80. The normalized spacial score (nSPS) is 27.7. The van der Waals surface area contributed by atoms with Crippen LogP contribution in [0.1, 0.15) is 46.5 Å². The van der Waals surface area contributed by atoms with Crippen molar-refractivity contribution in [2.24, 2.45) is 16.7 Å². The molecule has 1 atom stereocenters. The highest BCUT2D eigenvalue weighted by atomic mass is 16.4. The topological polar surface area (TPSA) is 69.6 Å². The molecule has 2 N–H and O–H groups in total. The number of carboxylic acid groups (broad SMARTS) is 1. The van der Waals surface area contributed by atoms with Crippen LogP contribution in [0.25, 0.3) is 0 Å². The number of aliphatic carboxylic acids is 1. The fourth-order valence-electron chi connectivity index (χ4n) is 3.11. The van der Waals surface area contributed by atoms with Gasteiger partial charge in [0.15, 0.2) is 0 Å². The number of nitrogens with one attached hydrogen (secondary N) is 1. The number of carbonyl (C=O) groups excluding carboxylic acids is 1. The maximum absolute atomic E-state index is 12.2. The predicted molar refractivity (Wildman–Crippen MR) is 76.5 cm³/mol. The largest absolute Gasteiger partial charge is 0.481 e. The van der Waals surface area contributed by atoms with Gasteiger partial charge in [0.05, 0.1) is 5.41 Å². The minimum atomic E-state index is -0.782. The van der Waals surface area contributed by atoms with Crippen molar-refractivity contribution in [1.82, 2.24) is 10.2 Å².